The summed E-state index contributed by atoms with van der Waals surface area (Å²) in [6.07, 6.45) is 0.340. The van der Waals surface area contributed by atoms with Crippen molar-refractivity contribution in [2.45, 2.75) is 33.3 Å². The summed E-state index contributed by atoms with van der Waals surface area (Å²) >= 11 is 0. The van der Waals surface area contributed by atoms with Gasteiger partial charge in [-0.05, 0) is 55.3 Å². The molecule has 0 unspecified atom stereocenters. The minimum Gasteiger partial charge on any atom is -0.489 e. The van der Waals surface area contributed by atoms with Crippen molar-refractivity contribution < 1.29 is 14.3 Å². The van der Waals surface area contributed by atoms with Gasteiger partial charge in [0.05, 0.1) is 0 Å². The number of nitrogens with one attached hydrogen (secondary N) is 1. The van der Waals surface area contributed by atoms with Crippen LogP contribution in [0.1, 0.15) is 39.9 Å². The van der Waals surface area contributed by atoms with Crippen LogP contribution in [0, 0.1) is 13.8 Å². The predicted octanol–water partition coefficient (Wildman–Crippen LogP) is 5.48. The lowest BCUT2D eigenvalue weighted by atomic mass is 9.99. The molecule has 0 aliphatic rings. The summed E-state index contributed by atoms with van der Waals surface area (Å²) in [5.74, 6) is 0.546. The molecule has 0 aromatic heterocycles. The summed E-state index contributed by atoms with van der Waals surface area (Å²) in [6, 6.07) is 23.0. The monoisotopic (exact) mass is 387 g/mol. The van der Waals surface area contributed by atoms with E-state index in [0.717, 1.165) is 22.4 Å². The van der Waals surface area contributed by atoms with E-state index in [2.05, 4.69) is 5.32 Å². The van der Waals surface area contributed by atoms with Crippen LogP contribution in [-0.2, 0) is 11.4 Å². The molecule has 0 aliphatic carbocycles. The van der Waals surface area contributed by atoms with Gasteiger partial charge in [-0.3, -0.25) is 9.59 Å². The molecule has 0 saturated carbocycles. The third-order valence-electron chi connectivity index (χ3n) is 4.66. The Bertz CT molecular complexity index is 979. The van der Waals surface area contributed by atoms with Gasteiger partial charge < -0.3 is 10.1 Å². The summed E-state index contributed by atoms with van der Waals surface area (Å²) in [5.41, 5.74) is 4.45. The van der Waals surface area contributed by atoms with Crippen molar-refractivity contribution in [3.8, 4) is 5.75 Å². The molecule has 0 saturated heterocycles. The van der Waals surface area contributed by atoms with E-state index in [0.29, 0.717) is 17.9 Å². The normalized spacial score (nSPS) is 10.4. The van der Waals surface area contributed by atoms with Crippen LogP contribution in [-0.4, -0.2) is 11.7 Å². The van der Waals surface area contributed by atoms with Gasteiger partial charge in [0.15, 0.2) is 5.78 Å². The molecule has 1 N–H and O–H groups in total. The van der Waals surface area contributed by atoms with E-state index in [1.54, 1.807) is 12.1 Å². The fourth-order valence-corrected chi connectivity index (χ4v) is 3.00. The van der Waals surface area contributed by atoms with Gasteiger partial charge in [-0.15, -0.1) is 0 Å². The second-order valence-corrected chi connectivity index (χ2v) is 7.09. The molecular weight excluding hydrogens is 362 g/mol. The van der Waals surface area contributed by atoms with Crippen LogP contribution >= 0.6 is 0 Å². The predicted molar refractivity (Wildman–Crippen MR) is 115 cm³/mol. The number of benzene rings is 3. The Morgan fingerprint density at radius 1 is 0.862 bits per heavy atom. The lowest BCUT2D eigenvalue weighted by Crippen LogP contribution is -2.14. The van der Waals surface area contributed by atoms with Gasteiger partial charge in [0.1, 0.15) is 12.4 Å². The fourth-order valence-electron chi connectivity index (χ4n) is 3.00. The molecule has 4 nitrogen and oxygen atoms in total. The van der Waals surface area contributed by atoms with E-state index in [1.165, 1.54) is 0 Å². The zero-order chi connectivity index (χ0) is 20.6. The van der Waals surface area contributed by atoms with Gasteiger partial charge in [-0.25, -0.2) is 0 Å². The van der Waals surface area contributed by atoms with E-state index < -0.39 is 0 Å². The molecule has 0 bridgehead atoms. The van der Waals surface area contributed by atoms with Crippen molar-refractivity contribution in [1.82, 2.24) is 0 Å². The zero-order valence-corrected chi connectivity index (χ0v) is 16.8. The van der Waals surface area contributed by atoms with Gasteiger partial charge in [0.25, 0.3) is 0 Å². The third-order valence-corrected chi connectivity index (χ3v) is 4.66. The van der Waals surface area contributed by atoms with Gasteiger partial charge in [-0.1, -0.05) is 48.0 Å². The second-order valence-electron chi connectivity index (χ2n) is 7.09. The van der Waals surface area contributed by atoms with Crippen molar-refractivity contribution in [2.75, 3.05) is 5.32 Å². The van der Waals surface area contributed by atoms with Gasteiger partial charge >= 0.3 is 0 Å². The highest BCUT2D eigenvalue weighted by atomic mass is 16.5. The van der Waals surface area contributed by atoms with E-state index in [-0.39, 0.29) is 24.5 Å². The molecule has 3 aromatic carbocycles. The molecular formula is C25H25NO3. The standard InChI is InChI=1S/C25H25NO3/c1-18-8-9-19(2)23(16-18)24(27)14-15-25(28)26-21-10-12-22(13-11-21)29-17-20-6-4-3-5-7-20/h3-13,16H,14-15,17H2,1-2H3,(H,26,28). The molecule has 1 amide bonds. The van der Waals surface area contributed by atoms with Crippen molar-refractivity contribution in [1.29, 1.82) is 0 Å². The first-order chi connectivity index (χ1) is 14.0. The molecule has 0 radical (unpaired) electrons. The Hall–Kier alpha value is -3.40. The number of Topliss-reactive ketones (excluding diaryl/α,β-unsaturated/α-hetero) is 1. The van der Waals surface area contributed by atoms with Gasteiger partial charge in [0, 0.05) is 24.1 Å². The van der Waals surface area contributed by atoms with Crippen LogP contribution in [0.3, 0.4) is 0 Å². The molecule has 0 aliphatic heterocycles. The maximum Gasteiger partial charge on any atom is 0.224 e. The highest BCUT2D eigenvalue weighted by Crippen LogP contribution is 2.18. The van der Waals surface area contributed by atoms with E-state index >= 15 is 0 Å². The summed E-state index contributed by atoms with van der Waals surface area (Å²) in [6.45, 7) is 4.36. The average molecular weight is 387 g/mol. The van der Waals surface area contributed by atoms with Crippen molar-refractivity contribution in [2.24, 2.45) is 0 Å². The minimum absolute atomic E-state index is 0.00832. The largest absolute Gasteiger partial charge is 0.489 e. The number of ether oxygens (including phenoxy) is 1. The summed E-state index contributed by atoms with van der Waals surface area (Å²) < 4.78 is 5.74. The molecule has 0 atom stereocenters. The summed E-state index contributed by atoms with van der Waals surface area (Å²) in [4.78, 5) is 24.6. The molecule has 0 fully saturated rings. The SMILES string of the molecule is Cc1ccc(C)c(C(=O)CCC(=O)Nc2ccc(OCc3ccccc3)cc2)c1. The Morgan fingerprint density at radius 2 is 1.59 bits per heavy atom. The van der Waals surface area contributed by atoms with Crippen molar-refractivity contribution >= 4 is 17.4 Å². The first-order valence-electron chi connectivity index (χ1n) is 9.68. The van der Waals surface area contributed by atoms with Crippen LogP contribution in [0.15, 0.2) is 72.8 Å². The average Bonchev–Trinajstić information content (AvgIpc) is 2.74. The fraction of sp³-hybridized carbons (Fsp3) is 0.200. The maximum absolute atomic E-state index is 12.4. The van der Waals surface area contributed by atoms with E-state index in [1.807, 2.05) is 74.5 Å². The maximum atomic E-state index is 12.4. The number of carbonyl (C=O) groups is 2. The first kappa shape index (κ1) is 20.3. The number of anilines is 1. The zero-order valence-electron chi connectivity index (χ0n) is 16.8. The number of carbonyl (C=O) groups excluding carboxylic acids is 2. The molecule has 148 valence electrons. The minimum atomic E-state index is -0.179. The molecule has 29 heavy (non-hydrogen) atoms. The number of aryl methyl sites for hydroxylation is 2. The lowest BCUT2D eigenvalue weighted by molar-refractivity contribution is -0.116. The van der Waals surface area contributed by atoms with E-state index in [9.17, 15) is 9.59 Å². The Balaban J connectivity index is 1.47. The Morgan fingerprint density at radius 3 is 2.31 bits per heavy atom. The number of ketones is 1. The van der Waals surface area contributed by atoms with Crippen LogP contribution < -0.4 is 10.1 Å². The smallest absolute Gasteiger partial charge is 0.224 e. The lowest BCUT2D eigenvalue weighted by Gasteiger charge is -2.09. The van der Waals surface area contributed by atoms with Gasteiger partial charge in [-0.2, -0.15) is 0 Å². The third kappa shape index (κ3) is 6.04. The second kappa shape index (κ2) is 9.69. The molecule has 0 heterocycles. The Kier molecular flexibility index (Phi) is 6.80. The molecule has 3 rings (SSSR count). The number of hydrogen-bond acceptors (Lipinski definition) is 3. The highest BCUT2D eigenvalue weighted by molar-refractivity contribution is 6.01. The summed E-state index contributed by atoms with van der Waals surface area (Å²) in [7, 11) is 0. The van der Waals surface area contributed by atoms with Crippen molar-refractivity contribution in [3.05, 3.63) is 95.1 Å². The van der Waals surface area contributed by atoms with Gasteiger partial charge in [0.2, 0.25) is 5.91 Å². The van der Waals surface area contributed by atoms with Crippen LogP contribution in [0.2, 0.25) is 0 Å². The van der Waals surface area contributed by atoms with Crippen LogP contribution in [0.25, 0.3) is 0 Å². The quantitative estimate of drug-likeness (QED) is 0.521. The number of amides is 1. The first-order valence-corrected chi connectivity index (χ1v) is 9.68. The number of hydrogen-bond donors (Lipinski definition) is 1. The van der Waals surface area contributed by atoms with Crippen molar-refractivity contribution in [3.63, 3.8) is 0 Å². The Labute approximate surface area is 171 Å². The van der Waals surface area contributed by atoms with Crippen LogP contribution in [0.5, 0.6) is 5.75 Å². The topological polar surface area (TPSA) is 55.4 Å². The molecule has 3 aromatic rings. The molecule has 4 heteroatoms. The number of rotatable bonds is 8. The summed E-state index contributed by atoms with van der Waals surface area (Å²) in [5, 5.41) is 2.83. The molecule has 0 spiro atoms. The van der Waals surface area contributed by atoms with E-state index in [4.69, 9.17) is 4.74 Å². The van der Waals surface area contributed by atoms with Crippen LogP contribution in [0.4, 0.5) is 5.69 Å². The highest BCUT2D eigenvalue weighted by Gasteiger charge is 2.12.